The van der Waals surface area contributed by atoms with Gasteiger partial charge in [-0.05, 0) is 31.2 Å². The van der Waals surface area contributed by atoms with Gasteiger partial charge in [-0.3, -0.25) is 4.79 Å². The van der Waals surface area contributed by atoms with Crippen molar-refractivity contribution in [3.05, 3.63) is 70.3 Å². The van der Waals surface area contributed by atoms with Crippen LogP contribution in [0.1, 0.15) is 12.6 Å². The summed E-state index contributed by atoms with van der Waals surface area (Å²) in [6, 6.07) is 13.9. The number of anilines is 1. The largest absolute Gasteiger partial charge is 0.433 e. The van der Waals surface area contributed by atoms with E-state index in [0.29, 0.717) is 16.3 Å². The van der Waals surface area contributed by atoms with Gasteiger partial charge in [0.1, 0.15) is 5.69 Å². The molecule has 0 aliphatic carbocycles. The first-order chi connectivity index (χ1) is 14.1. The Balaban J connectivity index is 1.85. The van der Waals surface area contributed by atoms with E-state index in [9.17, 15) is 18.0 Å². The summed E-state index contributed by atoms with van der Waals surface area (Å²) in [5.74, 6) is -0.480. The Labute approximate surface area is 184 Å². The van der Waals surface area contributed by atoms with E-state index in [2.05, 4.69) is 15.3 Å². The number of hydrogen-bond donors (Lipinski definition) is 1. The van der Waals surface area contributed by atoms with Crippen LogP contribution in [0.15, 0.2) is 59.8 Å². The topological polar surface area (TPSA) is 54.9 Å². The van der Waals surface area contributed by atoms with E-state index >= 15 is 0 Å². The van der Waals surface area contributed by atoms with Crippen LogP contribution in [0.5, 0.6) is 0 Å². The summed E-state index contributed by atoms with van der Waals surface area (Å²) in [5.41, 5.74) is -0.151. The summed E-state index contributed by atoms with van der Waals surface area (Å²) < 4.78 is 40.0. The molecule has 156 valence electrons. The maximum absolute atomic E-state index is 13.3. The number of amides is 1. The van der Waals surface area contributed by atoms with Crippen molar-refractivity contribution in [3.8, 4) is 11.3 Å². The van der Waals surface area contributed by atoms with Crippen LogP contribution < -0.4 is 5.32 Å². The number of carbonyl (C=O) groups is 1. The summed E-state index contributed by atoms with van der Waals surface area (Å²) >= 11 is 12.7. The molecule has 0 fully saturated rings. The Hall–Kier alpha value is -2.29. The van der Waals surface area contributed by atoms with Crippen LogP contribution in [0.2, 0.25) is 10.0 Å². The van der Waals surface area contributed by atoms with Crippen molar-refractivity contribution < 1.29 is 18.0 Å². The number of nitrogens with one attached hydrogen (secondary N) is 1. The molecule has 3 aromatic rings. The minimum Gasteiger partial charge on any atom is -0.324 e. The van der Waals surface area contributed by atoms with E-state index in [0.717, 1.165) is 17.8 Å². The number of benzene rings is 2. The number of alkyl halides is 3. The predicted octanol–water partition coefficient (Wildman–Crippen LogP) is 6.59. The Morgan fingerprint density at radius 3 is 2.43 bits per heavy atom. The monoisotopic (exact) mass is 471 g/mol. The molecule has 1 N–H and O–H groups in total. The van der Waals surface area contributed by atoms with Crippen molar-refractivity contribution in [3.63, 3.8) is 0 Å². The lowest BCUT2D eigenvalue weighted by atomic mass is 10.1. The predicted molar refractivity (Wildman–Crippen MR) is 113 cm³/mol. The van der Waals surface area contributed by atoms with E-state index in [1.54, 1.807) is 36.4 Å². The van der Waals surface area contributed by atoms with Gasteiger partial charge in [-0.15, -0.1) is 0 Å². The van der Waals surface area contributed by atoms with Gasteiger partial charge in [-0.25, -0.2) is 9.97 Å². The smallest absolute Gasteiger partial charge is 0.324 e. The van der Waals surface area contributed by atoms with E-state index in [-0.39, 0.29) is 15.9 Å². The minimum absolute atomic E-state index is 0.117. The summed E-state index contributed by atoms with van der Waals surface area (Å²) in [4.78, 5) is 20.3. The van der Waals surface area contributed by atoms with Crippen LogP contribution in [0, 0.1) is 0 Å². The van der Waals surface area contributed by atoms with E-state index < -0.39 is 23.0 Å². The molecule has 1 amide bonds. The number of carbonyl (C=O) groups excluding carboxylic acids is 1. The highest BCUT2D eigenvalue weighted by Gasteiger charge is 2.34. The summed E-state index contributed by atoms with van der Waals surface area (Å²) in [5, 5.41) is 2.31. The van der Waals surface area contributed by atoms with E-state index in [1.165, 1.54) is 19.1 Å². The highest BCUT2D eigenvalue weighted by atomic mass is 35.5. The molecule has 0 saturated carbocycles. The maximum atomic E-state index is 13.3. The van der Waals surface area contributed by atoms with Crippen molar-refractivity contribution in [2.45, 2.75) is 23.5 Å². The average Bonchev–Trinajstić information content (AvgIpc) is 2.70. The van der Waals surface area contributed by atoms with Crippen LogP contribution in [-0.4, -0.2) is 21.1 Å². The number of thioether (sulfide) groups is 1. The van der Waals surface area contributed by atoms with Gasteiger partial charge in [-0.1, -0.05) is 65.3 Å². The third kappa shape index (κ3) is 5.65. The van der Waals surface area contributed by atoms with Crippen molar-refractivity contribution in [1.29, 1.82) is 0 Å². The number of nitrogens with zero attached hydrogens (tertiary/aromatic N) is 2. The number of halogens is 5. The molecule has 3 rings (SSSR count). The molecule has 2 aromatic carbocycles. The van der Waals surface area contributed by atoms with Gasteiger partial charge in [0.2, 0.25) is 5.91 Å². The maximum Gasteiger partial charge on any atom is 0.433 e. The number of hydrogen-bond acceptors (Lipinski definition) is 4. The second-order valence-corrected chi connectivity index (χ2v) is 8.31. The van der Waals surface area contributed by atoms with Crippen LogP contribution in [0.3, 0.4) is 0 Å². The molecular formula is C20H14Cl2F3N3OS. The third-order valence-corrected chi connectivity index (χ3v) is 5.43. The third-order valence-electron chi connectivity index (χ3n) is 3.90. The first-order valence-corrected chi connectivity index (χ1v) is 10.2. The number of rotatable bonds is 5. The van der Waals surface area contributed by atoms with Gasteiger partial charge in [0, 0.05) is 10.6 Å². The zero-order valence-electron chi connectivity index (χ0n) is 15.4. The Morgan fingerprint density at radius 2 is 1.77 bits per heavy atom. The summed E-state index contributed by atoms with van der Waals surface area (Å²) in [7, 11) is 0. The molecule has 0 spiro atoms. The second kappa shape index (κ2) is 9.24. The Bertz CT molecular complexity index is 1060. The molecule has 10 heteroatoms. The van der Waals surface area contributed by atoms with Gasteiger partial charge >= 0.3 is 6.18 Å². The van der Waals surface area contributed by atoms with E-state index in [1.807, 2.05) is 0 Å². The lowest BCUT2D eigenvalue weighted by Gasteiger charge is -2.14. The molecule has 0 bridgehead atoms. The quantitative estimate of drug-likeness (QED) is 0.336. The Kier molecular flexibility index (Phi) is 6.90. The Morgan fingerprint density at radius 1 is 1.07 bits per heavy atom. The van der Waals surface area contributed by atoms with Crippen LogP contribution >= 0.6 is 35.0 Å². The SMILES string of the molecule is CC(Sc1nc(-c2ccccc2)cc(C(F)(F)F)n1)C(=O)Nc1cc(Cl)ccc1Cl. The van der Waals surface area contributed by atoms with Crippen molar-refractivity contribution in [1.82, 2.24) is 9.97 Å². The van der Waals surface area contributed by atoms with Crippen LogP contribution in [-0.2, 0) is 11.0 Å². The molecule has 0 saturated heterocycles. The second-order valence-electron chi connectivity index (χ2n) is 6.16. The average molecular weight is 472 g/mol. The molecule has 1 heterocycles. The van der Waals surface area contributed by atoms with Crippen LogP contribution in [0.25, 0.3) is 11.3 Å². The molecule has 30 heavy (non-hydrogen) atoms. The molecule has 1 atom stereocenters. The lowest BCUT2D eigenvalue weighted by molar-refractivity contribution is -0.141. The first-order valence-electron chi connectivity index (χ1n) is 8.58. The van der Waals surface area contributed by atoms with Crippen LogP contribution in [0.4, 0.5) is 18.9 Å². The zero-order chi connectivity index (χ0) is 21.9. The summed E-state index contributed by atoms with van der Waals surface area (Å²) in [6.45, 7) is 1.53. The molecular weight excluding hydrogens is 458 g/mol. The number of aromatic nitrogens is 2. The van der Waals surface area contributed by atoms with E-state index in [4.69, 9.17) is 23.2 Å². The lowest BCUT2D eigenvalue weighted by Crippen LogP contribution is -2.23. The highest BCUT2D eigenvalue weighted by Crippen LogP contribution is 2.33. The molecule has 1 unspecified atom stereocenters. The van der Waals surface area contributed by atoms with Crippen molar-refractivity contribution in [2.24, 2.45) is 0 Å². The molecule has 0 radical (unpaired) electrons. The van der Waals surface area contributed by atoms with Crippen molar-refractivity contribution in [2.75, 3.05) is 5.32 Å². The molecule has 0 aliphatic heterocycles. The minimum atomic E-state index is -4.65. The van der Waals surface area contributed by atoms with Gasteiger partial charge in [0.05, 0.1) is 21.7 Å². The first kappa shape index (κ1) is 22.4. The fraction of sp³-hybridized carbons (Fsp3) is 0.150. The zero-order valence-corrected chi connectivity index (χ0v) is 17.7. The molecule has 1 aromatic heterocycles. The normalized spacial score (nSPS) is 12.5. The standard InChI is InChI=1S/C20H14Cl2F3N3OS/c1-11(18(29)26-16-9-13(21)7-8-14(16)22)30-19-27-15(12-5-3-2-4-6-12)10-17(28-19)20(23,24)25/h2-11H,1H3,(H,26,29). The van der Waals surface area contributed by atoms with Gasteiger partial charge < -0.3 is 5.32 Å². The highest BCUT2D eigenvalue weighted by molar-refractivity contribution is 8.00. The fourth-order valence-electron chi connectivity index (χ4n) is 2.42. The molecule has 4 nitrogen and oxygen atoms in total. The summed E-state index contributed by atoms with van der Waals surface area (Å²) in [6.07, 6.45) is -4.65. The van der Waals surface area contributed by atoms with Gasteiger partial charge in [0.15, 0.2) is 5.16 Å². The molecule has 0 aliphatic rings. The fourth-order valence-corrected chi connectivity index (χ4v) is 3.54. The van der Waals surface area contributed by atoms with Gasteiger partial charge in [0.25, 0.3) is 0 Å². The van der Waals surface area contributed by atoms with Gasteiger partial charge in [-0.2, -0.15) is 13.2 Å². The van der Waals surface area contributed by atoms with Crippen molar-refractivity contribution >= 4 is 46.6 Å².